The minimum absolute atomic E-state index is 0.0219. The topological polar surface area (TPSA) is 65.5 Å². The highest BCUT2D eigenvalue weighted by Crippen LogP contribution is 2.38. The van der Waals surface area contributed by atoms with E-state index in [-0.39, 0.29) is 17.9 Å². The maximum absolute atomic E-state index is 12.5. The lowest BCUT2D eigenvalue weighted by Gasteiger charge is -2.18. The SMILES string of the molecule is CCNc1cccc(C(=O)N2CC3CCC(O)C3C2)n1. The Hall–Kier alpha value is -1.62. The minimum Gasteiger partial charge on any atom is -0.393 e. The van der Waals surface area contributed by atoms with Crippen molar-refractivity contribution in [1.29, 1.82) is 0 Å². The van der Waals surface area contributed by atoms with Gasteiger partial charge in [0.25, 0.3) is 5.91 Å². The molecule has 3 atom stereocenters. The average Bonchev–Trinajstić information content (AvgIpc) is 3.01. The van der Waals surface area contributed by atoms with E-state index >= 15 is 0 Å². The lowest BCUT2D eigenvalue weighted by molar-refractivity contribution is 0.0747. The number of rotatable bonds is 3. The van der Waals surface area contributed by atoms with Crippen LogP contribution in [0, 0.1) is 11.8 Å². The van der Waals surface area contributed by atoms with E-state index in [1.54, 1.807) is 6.07 Å². The molecule has 0 bridgehead atoms. The molecular formula is C15H21N3O2. The summed E-state index contributed by atoms with van der Waals surface area (Å²) >= 11 is 0. The monoisotopic (exact) mass is 275 g/mol. The van der Waals surface area contributed by atoms with Crippen molar-refractivity contribution in [2.45, 2.75) is 25.9 Å². The van der Waals surface area contributed by atoms with Crippen molar-refractivity contribution in [3.63, 3.8) is 0 Å². The van der Waals surface area contributed by atoms with Crippen molar-refractivity contribution in [2.24, 2.45) is 11.8 Å². The van der Waals surface area contributed by atoms with E-state index in [0.29, 0.717) is 18.2 Å². The average molecular weight is 275 g/mol. The molecule has 1 saturated carbocycles. The smallest absolute Gasteiger partial charge is 0.272 e. The zero-order chi connectivity index (χ0) is 14.1. The van der Waals surface area contributed by atoms with E-state index in [1.807, 2.05) is 24.0 Å². The molecule has 2 heterocycles. The van der Waals surface area contributed by atoms with E-state index in [4.69, 9.17) is 0 Å². The molecule has 0 aromatic carbocycles. The van der Waals surface area contributed by atoms with Crippen LogP contribution in [0.25, 0.3) is 0 Å². The summed E-state index contributed by atoms with van der Waals surface area (Å²) in [6, 6.07) is 5.47. The van der Waals surface area contributed by atoms with Gasteiger partial charge >= 0.3 is 0 Å². The second-order valence-corrected chi connectivity index (χ2v) is 5.72. The molecular weight excluding hydrogens is 254 g/mol. The number of aromatic nitrogens is 1. The van der Waals surface area contributed by atoms with Gasteiger partial charge < -0.3 is 15.3 Å². The highest BCUT2D eigenvalue weighted by atomic mass is 16.3. The largest absolute Gasteiger partial charge is 0.393 e. The molecule has 1 aliphatic carbocycles. The van der Waals surface area contributed by atoms with Crippen LogP contribution in [-0.2, 0) is 0 Å². The highest BCUT2D eigenvalue weighted by molar-refractivity contribution is 5.92. The molecule has 3 unspecified atom stereocenters. The maximum Gasteiger partial charge on any atom is 0.272 e. The lowest BCUT2D eigenvalue weighted by Crippen LogP contribution is -2.31. The molecule has 1 aromatic heterocycles. The fourth-order valence-electron chi connectivity index (χ4n) is 3.40. The fourth-order valence-corrected chi connectivity index (χ4v) is 3.40. The molecule has 1 aliphatic heterocycles. The molecule has 0 radical (unpaired) electrons. The van der Waals surface area contributed by atoms with Gasteiger partial charge in [0.05, 0.1) is 6.10 Å². The third-order valence-corrected chi connectivity index (χ3v) is 4.43. The number of pyridine rings is 1. The van der Waals surface area contributed by atoms with Gasteiger partial charge in [0.1, 0.15) is 11.5 Å². The van der Waals surface area contributed by atoms with Crippen LogP contribution in [0.1, 0.15) is 30.3 Å². The van der Waals surface area contributed by atoms with E-state index in [0.717, 1.165) is 31.7 Å². The Bertz CT molecular complexity index is 506. The summed E-state index contributed by atoms with van der Waals surface area (Å²) in [6.07, 6.45) is 1.67. The summed E-state index contributed by atoms with van der Waals surface area (Å²) in [4.78, 5) is 18.7. The molecule has 5 heteroatoms. The number of aliphatic hydroxyl groups excluding tert-OH is 1. The zero-order valence-corrected chi connectivity index (χ0v) is 11.7. The molecule has 3 rings (SSSR count). The molecule has 20 heavy (non-hydrogen) atoms. The van der Waals surface area contributed by atoms with Crippen LogP contribution in [0.5, 0.6) is 0 Å². The number of fused-ring (bicyclic) bond motifs is 1. The van der Waals surface area contributed by atoms with Crippen LogP contribution in [0.3, 0.4) is 0 Å². The fraction of sp³-hybridized carbons (Fsp3) is 0.600. The van der Waals surface area contributed by atoms with E-state index in [1.165, 1.54) is 0 Å². The van der Waals surface area contributed by atoms with Gasteiger partial charge in [-0.1, -0.05) is 6.07 Å². The first kappa shape index (κ1) is 13.4. The Labute approximate surface area is 119 Å². The number of hydrogen-bond donors (Lipinski definition) is 2. The van der Waals surface area contributed by atoms with Gasteiger partial charge in [-0.05, 0) is 37.8 Å². The first-order valence-electron chi connectivity index (χ1n) is 7.37. The van der Waals surface area contributed by atoms with Crippen LogP contribution < -0.4 is 5.32 Å². The summed E-state index contributed by atoms with van der Waals surface area (Å²) in [5.74, 6) is 1.44. The van der Waals surface area contributed by atoms with Crippen molar-refractivity contribution < 1.29 is 9.90 Å². The predicted molar refractivity (Wildman–Crippen MR) is 76.5 cm³/mol. The first-order valence-corrected chi connectivity index (χ1v) is 7.37. The number of likely N-dealkylation sites (tertiary alicyclic amines) is 1. The van der Waals surface area contributed by atoms with Gasteiger partial charge in [-0.3, -0.25) is 4.79 Å². The van der Waals surface area contributed by atoms with Crippen LogP contribution in [0.2, 0.25) is 0 Å². The second kappa shape index (κ2) is 5.40. The summed E-state index contributed by atoms with van der Waals surface area (Å²) in [5.41, 5.74) is 0.484. The standard InChI is InChI=1S/C15H21N3O2/c1-2-16-14-5-3-4-12(17-14)15(20)18-8-10-6-7-13(19)11(10)9-18/h3-5,10-11,13,19H,2,6-9H2,1H3,(H,16,17). The van der Waals surface area contributed by atoms with Gasteiger partial charge in [-0.15, -0.1) is 0 Å². The molecule has 1 saturated heterocycles. The third-order valence-electron chi connectivity index (χ3n) is 4.43. The maximum atomic E-state index is 12.5. The molecule has 1 aromatic rings. The summed E-state index contributed by atoms with van der Waals surface area (Å²) in [7, 11) is 0. The quantitative estimate of drug-likeness (QED) is 0.874. The number of nitrogens with zero attached hydrogens (tertiary/aromatic N) is 2. The van der Waals surface area contributed by atoms with Crippen molar-refractivity contribution in [2.75, 3.05) is 25.0 Å². The number of carbonyl (C=O) groups is 1. The van der Waals surface area contributed by atoms with Gasteiger partial charge in [-0.2, -0.15) is 0 Å². The van der Waals surface area contributed by atoms with E-state index in [9.17, 15) is 9.90 Å². The van der Waals surface area contributed by atoms with Crippen molar-refractivity contribution in [3.05, 3.63) is 23.9 Å². The molecule has 2 fully saturated rings. The minimum atomic E-state index is -0.237. The van der Waals surface area contributed by atoms with Crippen molar-refractivity contribution in [1.82, 2.24) is 9.88 Å². The first-order chi connectivity index (χ1) is 9.69. The Morgan fingerprint density at radius 3 is 3.05 bits per heavy atom. The normalized spacial score (nSPS) is 28.5. The number of nitrogens with one attached hydrogen (secondary N) is 1. The molecule has 5 nitrogen and oxygen atoms in total. The van der Waals surface area contributed by atoms with Gasteiger partial charge in [-0.25, -0.2) is 4.98 Å². The van der Waals surface area contributed by atoms with Gasteiger partial charge in [0, 0.05) is 25.6 Å². The Morgan fingerprint density at radius 2 is 2.30 bits per heavy atom. The van der Waals surface area contributed by atoms with E-state index in [2.05, 4.69) is 10.3 Å². The van der Waals surface area contributed by atoms with Crippen molar-refractivity contribution >= 4 is 11.7 Å². The molecule has 2 aliphatic rings. The summed E-state index contributed by atoms with van der Waals surface area (Å²) < 4.78 is 0. The molecule has 0 spiro atoms. The Kier molecular flexibility index (Phi) is 3.61. The van der Waals surface area contributed by atoms with E-state index < -0.39 is 0 Å². The van der Waals surface area contributed by atoms with Crippen LogP contribution in [0.15, 0.2) is 18.2 Å². The van der Waals surface area contributed by atoms with Crippen LogP contribution >= 0.6 is 0 Å². The summed E-state index contributed by atoms with van der Waals surface area (Å²) in [6.45, 7) is 4.20. The number of carbonyl (C=O) groups excluding carboxylic acids is 1. The number of hydrogen-bond acceptors (Lipinski definition) is 4. The second-order valence-electron chi connectivity index (χ2n) is 5.72. The Morgan fingerprint density at radius 1 is 1.45 bits per heavy atom. The van der Waals surface area contributed by atoms with Crippen molar-refractivity contribution in [3.8, 4) is 0 Å². The molecule has 2 N–H and O–H groups in total. The number of aliphatic hydroxyl groups is 1. The lowest BCUT2D eigenvalue weighted by atomic mass is 10.00. The zero-order valence-electron chi connectivity index (χ0n) is 11.7. The molecule has 1 amide bonds. The van der Waals surface area contributed by atoms with Crippen LogP contribution in [-0.4, -0.2) is 46.6 Å². The van der Waals surface area contributed by atoms with Gasteiger partial charge in [0.2, 0.25) is 0 Å². The Balaban J connectivity index is 1.72. The number of amides is 1. The predicted octanol–water partition coefficient (Wildman–Crippen LogP) is 1.36. The number of anilines is 1. The van der Waals surface area contributed by atoms with Crippen LogP contribution in [0.4, 0.5) is 5.82 Å². The third kappa shape index (κ3) is 2.38. The van der Waals surface area contributed by atoms with Gasteiger partial charge in [0.15, 0.2) is 0 Å². The highest BCUT2D eigenvalue weighted by Gasteiger charge is 2.43. The molecule has 108 valence electrons. The summed E-state index contributed by atoms with van der Waals surface area (Å²) in [5, 5.41) is 13.0.